The standard InChI is InChI=1S/C13H17NO7/c15-5-6-19-7-8-20-9-10-21-13(16)11-1-3-12(4-2-11)14(17)18/h1-4,15H,5-10H2. The third kappa shape index (κ3) is 6.80. The highest BCUT2D eigenvalue weighted by Gasteiger charge is 2.10. The molecule has 0 aromatic heterocycles. The SMILES string of the molecule is O=C(OCCOCCOCCO)c1ccc([N+](=O)[O-])cc1. The summed E-state index contributed by atoms with van der Waals surface area (Å²) in [5, 5.41) is 18.9. The Labute approximate surface area is 121 Å². The van der Waals surface area contributed by atoms with Crippen LogP contribution in [0, 0.1) is 10.1 Å². The number of hydrogen-bond acceptors (Lipinski definition) is 7. The molecular weight excluding hydrogens is 282 g/mol. The highest BCUT2D eigenvalue weighted by atomic mass is 16.6. The van der Waals surface area contributed by atoms with Crippen molar-refractivity contribution in [3.8, 4) is 0 Å². The minimum absolute atomic E-state index is 0.0349. The number of nitro benzene ring substituents is 1. The first-order valence-electron chi connectivity index (χ1n) is 6.33. The predicted octanol–water partition coefficient (Wildman–Crippen LogP) is 0.777. The zero-order valence-corrected chi connectivity index (χ0v) is 11.4. The van der Waals surface area contributed by atoms with Crippen molar-refractivity contribution in [2.75, 3.05) is 39.6 Å². The molecule has 0 aliphatic heterocycles. The van der Waals surface area contributed by atoms with E-state index in [0.29, 0.717) is 13.2 Å². The maximum Gasteiger partial charge on any atom is 0.338 e. The molecule has 116 valence electrons. The number of carbonyl (C=O) groups excluding carboxylic acids is 1. The van der Waals surface area contributed by atoms with Gasteiger partial charge >= 0.3 is 5.97 Å². The van der Waals surface area contributed by atoms with Crippen molar-refractivity contribution in [1.29, 1.82) is 0 Å². The molecule has 1 N–H and O–H groups in total. The largest absolute Gasteiger partial charge is 0.460 e. The van der Waals surface area contributed by atoms with Crippen LogP contribution in [0.4, 0.5) is 5.69 Å². The van der Waals surface area contributed by atoms with Crippen molar-refractivity contribution in [3.05, 3.63) is 39.9 Å². The number of rotatable bonds is 10. The molecule has 0 heterocycles. The summed E-state index contributed by atoms with van der Waals surface area (Å²) < 4.78 is 15.1. The maximum atomic E-state index is 11.6. The first kappa shape index (κ1) is 17.0. The summed E-state index contributed by atoms with van der Waals surface area (Å²) in [7, 11) is 0. The second-order valence-corrected chi connectivity index (χ2v) is 3.89. The van der Waals surface area contributed by atoms with Crippen LogP contribution >= 0.6 is 0 Å². The number of ether oxygens (including phenoxy) is 3. The lowest BCUT2D eigenvalue weighted by Crippen LogP contribution is -2.13. The van der Waals surface area contributed by atoms with Crippen molar-refractivity contribution in [2.45, 2.75) is 0 Å². The molecule has 0 radical (unpaired) electrons. The van der Waals surface area contributed by atoms with Gasteiger partial charge in [-0.05, 0) is 12.1 Å². The third-order valence-corrected chi connectivity index (χ3v) is 2.38. The normalized spacial score (nSPS) is 10.3. The van der Waals surface area contributed by atoms with Crippen molar-refractivity contribution in [3.63, 3.8) is 0 Å². The lowest BCUT2D eigenvalue weighted by Gasteiger charge is -2.06. The Bertz CT molecular complexity index is 446. The molecule has 0 bridgehead atoms. The Morgan fingerprint density at radius 1 is 1.05 bits per heavy atom. The number of non-ortho nitro benzene ring substituents is 1. The van der Waals surface area contributed by atoms with Crippen LogP contribution in [0.1, 0.15) is 10.4 Å². The lowest BCUT2D eigenvalue weighted by atomic mass is 10.2. The van der Waals surface area contributed by atoms with E-state index in [9.17, 15) is 14.9 Å². The van der Waals surface area contributed by atoms with E-state index >= 15 is 0 Å². The highest BCUT2D eigenvalue weighted by molar-refractivity contribution is 5.89. The Balaban J connectivity index is 2.17. The number of nitro groups is 1. The van der Waals surface area contributed by atoms with Gasteiger partial charge in [0.25, 0.3) is 5.69 Å². The summed E-state index contributed by atoms with van der Waals surface area (Å²) in [5.41, 5.74) is 0.157. The van der Waals surface area contributed by atoms with Crippen molar-refractivity contribution in [1.82, 2.24) is 0 Å². The van der Waals surface area contributed by atoms with Crippen LogP contribution < -0.4 is 0 Å². The zero-order valence-electron chi connectivity index (χ0n) is 11.4. The molecule has 0 unspecified atom stereocenters. The van der Waals surface area contributed by atoms with Crippen LogP contribution in [0.25, 0.3) is 0 Å². The van der Waals surface area contributed by atoms with Gasteiger partial charge in [-0.1, -0.05) is 0 Å². The number of hydrogen-bond donors (Lipinski definition) is 1. The fourth-order valence-corrected chi connectivity index (χ4v) is 1.38. The summed E-state index contributed by atoms with van der Waals surface area (Å²) in [6.07, 6.45) is 0. The van der Waals surface area contributed by atoms with E-state index < -0.39 is 10.9 Å². The first-order valence-corrected chi connectivity index (χ1v) is 6.33. The Kier molecular flexibility index (Phi) is 7.95. The van der Waals surface area contributed by atoms with E-state index in [1.54, 1.807) is 0 Å². The highest BCUT2D eigenvalue weighted by Crippen LogP contribution is 2.12. The van der Waals surface area contributed by atoms with E-state index in [-0.39, 0.29) is 37.7 Å². The fraction of sp³-hybridized carbons (Fsp3) is 0.462. The van der Waals surface area contributed by atoms with Gasteiger partial charge in [0.05, 0.1) is 43.5 Å². The molecule has 1 aromatic carbocycles. The van der Waals surface area contributed by atoms with Gasteiger partial charge in [0.2, 0.25) is 0 Å². The molecule has 21 heavy (non-hydrogen) atoms. The molecule has 0 amide bonds. The number of aliphatic hydroxyl groups excluding tert-OH is 1. The van der Waals surface area contributed by atoms with Gasteiger partial charge in [-0.2, -0.15) is 0 Å². The molecule has 8 heteroatoms. The first-order chi connectivity index (χ1) is 10.1. The summed E-state index contributed by atoms with van der Waals surface area (Å²) in [6, 6.07) is 5.16. The Hall–Kier alpha value is -2.03. The zero-order chi connectivity index (χ0) is 15.5. The van der Waals surface area contributed by atoms with Gasteiger partial charge in [-0.15, -0.1) is 0 Å². The average Bonchev–Trinajstić information content (AvgIpc) is 2.49. The van der Waals surface area contributed by atoms with Crippen LogP contribution in [0.2, 0.25) is 0 Å². The van der Waals surface area contributed by atoms with Crippen LogP contribution in [-0.4, -0.2) is 55.6 Å². The van der Waals surface area contributed by atoms with E-state index in [1.165, 1.54) is 24.3 Å². The average molecular weight is 299 g/mol. The molecule has 0 aliphatic carbocycles. The number of benzene rings is 1. The van der Waals surface area contributed by atoms with Gasteiger partial charge in [0.1, 0.15) is 6.61 Å². The summed E-state index contributed by atoms with van der Waals surface area (Å²) in [6.45, 7) is 1.23. The lowest BCUT2D eigenvalue weighted by molar-refractivity contribution is -0.384. The number of carbonyl (C=O) groups is 1. The fourth-order valence-electron chi connectivity index (χ4n) is 1.38. The van der Waals surface area contributed by atoms with Gasteiger partial charge < -0.3 is 19.3 Å². The Morgan fingerprint density at radius 2 is 1.62 bits per heavy atom. The second-order valence-electron chi connectivity index (χ2n) is 3.89. The number of esters is 1. The summed E-state index contributed by atoms with van der Waals surface area (Å²) in [5.74, 6) is -0.565. The van der Waals surface area contributed by atoms with Gasteiger partial charge in [-0.25, -0.2) is 4.79 Å². The number of aliphatic hydroxyl groups is 1. The van der Waals surface area contributed by atoms with Crippen LogP contribution in [-0.2, 0) is 14.2 Å². The van der Waals surface area contributed by atoms with E-state index in [0.717, 1.165) is 0 Å². The number of nitrogens with zero attached hydrogens (tertiary/aromatic N) is 1. The van der Waals surface area contributed by atoms with Gasteiger partial charge in [0.15, 0.2) is 0 Å². The quantitative estimate of drug-likeness (QED) is 0.294. The summed E-state index contributed by atoms with van der Waals surface area (Å²) >= 11 is 0. The van der Waals surface area contributed by atoms with Crippen molar-refractivity contribution in [2.24, 2.45) is 0 Å². The topological polar surface area (TPSA) is 108 Å². The molecule has 0 aliphatic rings. The second kappa shape index (κ2) is 9.81. The Morgan fingerprint density at radius 3 is 2.19 bits per heavy atom. The van der Waals surface area contributed by atoms with Crippen LogP contribution in [0.5, 0.6) is 0 Å². The summed E-state index contributed by atoms with van der Waals surface area (Å²) in [4.78, 5) is 21.5. The molecule has 8 nitrogen and oxygen atoms in total. The monoisotopic (exact) mass is 299 g/mol. The molecule has 1 aromatic rings. The van der Waals surface area contributed by atoms with Crippen LogP contribution in [0.15, 0.2) is 24.3 Å². The van der Waals surface area contributed by atoms with E-state index in [4.69, 9.17) is 19.3 Å². The molecule has 0 atom stereocenters. The van der Waals surface area contributed by atoms with Crippen molar-refractivity contribution < 1.29 is 29.0 Å². The molecule has 0 saturated heterocycles. The molecule has 0 saturated carbocycles. The predicted molar refractivity (Wildman–Crippen MR) is 72.1 cm³/mol. The third-order valence-electron chi connectivity index (χ3n) is 2.38. The minimum atomic E-state index is -0.565. The molecule has 0 spiro atoms. The van der Waals surface area contributed by atoms with Crippen LogP contribution in [0.3, 0.4) is 0 Å². The van der Waals surface area contributed by atoms with Gasteiger partial charge in [-0.3, -0.25) is 10.1 Å². The van der Waals surface area contributed by atoms with E-state index in [1.807, 2.05) is 0 Å². The smallest absolute Gasteiger partial charge is 0.338 e. The maximum absolute atomic E-state index is 11.6. The van der Waals surface area contributed by atoms with Gasteiger partial charge in [0, 0.05) is 12.1 Å². The molecular formula is C13H17NO7. The van der Waals surface area contributed by atoms with E-state index in [2.05, 4.69) is 0 Å². The van der Waals surface area contributed by atoms with Crippen molar-refractivity contribution >= 4 is 11.7 Å². The molecule has 1 rings (SSSR count). The molecule has 0 fully saturated rings. The minimum Gasteiger partial charge on any atom is -0.460 e.